The molecule has 5 rings (SSSR count). The molecule has 2 fully saturated rings. The van der Waals surface area contributed by atoms with Gasteiger partial charge in [-0.2, -0.15) is 0 Å². The second-order valence-corrected chi connectivity index (χ2v) is 9.94. The number of hydrogen-bond donors (Lipinski definition) is 1. The van der Waals surface area contributed by atoms with Gasteiger partial charge in [-0.3, -0.25) is 9.78 Å². The fourth-order valence-corrected chi connectivity index (χ4v) is 5.85. The molecule has 2 saturated heterocycles. The van der Waals surface area contributed by atoms with Gasteiger partial charge in [0, 0.05) is 62.4 Å². The third-order valence-electron chi connectivity index (χ3n) is 7.77. The van der Waals surface area contributed by atoms with Crippen molar-refractivity contribution in [3.05, 3.63) is 84.1 Å². The van der Waals surface area contributed by atoms with Crippen LogP contribution in [0.5, 0.6) is 0 Å². The molecule has 2 aliphatic heterocycles. The number of nitrogens with zero attached hydrogens (tertiary/aromatic N) is 5. The minimum atomic E-state index is -1.16. The SMILES string of the molecule is CC1CN(C(=O)[C@@H]2CN(c3ccncn3)C[C@H]2c2ccc(F)cc2F)CC(C)C1(O)c1ccccn1.Cl. The monoisotopic (exact) mass is 529 g/mol. The Morgan fingerprint density at radius 2 is 1.76 bits per heavy atom. The first-order valence-electron chi connectivity index (χ1n) is 12.2. The summed E-state index contributed by atoms with van der Waals surface area (Å²) in [5.74, 6) is -2.33. The standard InChI is InChI=1S/C27H29F2N5O2.ClH/c1-17-12-34(13-18(2)27(17,36)24-5-3-4-9-31-24)26(35)22-15-33(25-8-10-30-16-32-25)14-21(22)20-7-6-19(28)11-23(20)29;/h3-11,16-18,21-22,36H,12-15H2,1-2H3;1H/t17?,18?,21-,22+,27?;/m0./s1. The van der Waals surface area contributed by atoms with E-state index in [9.17, 15) is 18.7 Å². The third kappa shape index (κ3) is 4.90. The number of hydrogen-bond acceptors (Lipinski definition) is 6. The maximum atomic E-state index is 14.9. The predicted octanol–water partition coefficient (Wildman–Crippen LogP) is 3.79. The summed E-state index contributed by atoms with van der Waals surface area (Å²) in [6, 6.07) is 10.7. The molecule has 3 aromatic rings. The summed E-state index contributed by atoms with van der Waals surface area (Å²) in [6.45, 7) is 5.25. The lowest BCUT2D eigenvalue weighted by Gasteiger charge is -2.48. The number of aromatic nitrogens is 3. The molecule has 0 spiro atoms. The number of halogens is 3. The molecular formula is C27H30ClF2N5O2. The summed E-state index contributed by atoms with van der Waals surface area (Å²) in [6.07, 6.45) is 4.72. The fraction of sp³-hybridized carbons (Fsp3) is 0.407. The Balaban J connectivity index is 0.00000320. The van der Waals surface area contributed by atoms with E-state index in [1.165, 1.54) is 18.5 Å². The van der Waals surface area contributed by atoms with E-state index in [4.69, 9.17) is 0 Å². The molecule has 0 aliphatic carbocycles. The van der Waals surface area contributed by atoms with Crippen LogP contribution in [-0.2, 0) is 10.4 Å². The van der Waals surface area contributed by atoms with Crippen molar-refractivity contribution in [2.75, 3.05) is 31.1 Å². The fourth-order valence-electron chi connectivity index (χ4n) is 5.85. The minimum absolute atomic E-state index is 0. The summed E-state index contributed by atoms with van der Waals surface area (Å²) < 4.78 is 28.5. The zero-order valence-electron chi connectivity index (χ0n) is 20.7. The number of amides is 1. The van der Waals surface area contributed by atoms with E-state index in [1.807, 2.05) is 30.9 Å². The molecule has 1 aromatic carbocycles. The van der Waals surface area contributed by atoms with Crippen LogP contribution in [0.4, 0.5) is 14.6 Å². The van der Waals surface area contributed by atoms with Gasteiger partial charge in [-0.25, -0.2) is 18.7 Å². The Kier molecular flexibility index (Phi) is 7.75. The third-order valence-corrected chi connectivity index (χ3v) is 7.77. The molecule has 4 atom stereocenters. The lowest BCUT2D eigenvalue weighted by Crippen LogP contribution is -2.57. The summed E-state index contributed by atoms with van der Waals surface area (Å²) in [7, 11) is 0. The van der Waals surface area contributed by atoms with Crippen molar-refractivity contribution >= 4 is 24.1 Å². The number of piperidine rings is 1. The van der Waals surface area contributed by atoms with E-state index in [0.717, 1.165) is 6.07 Å². The van der Waals surface area contributed by atoms with Gasteiger partial charge in [0.25, 0.3) is 0 Å². The molecule has 37 heavy (non-hydrogen) atoms. The lowest BCUT2D eigenvalue weighted by molar-refractivity contribution is -0.153. The number of carbonyl (C=O) groups is 1. The lowest BCUT2D eigenvalue weighted by atomic mass is 9.72. The Labute approximate surface area is 221 Å². The van der Waals surface area contributed by atoms with Gasteiger partial charge in [0.1, 0.15) is 29.4 Å². The maximum Gasteiger partial charge on any atom is 0.228 e. The molecule has 196 valence electrons. The Morgan fingerprint density at radius 1 is 1.00 bits per heavy atom. The van der Waals surface area contributed by atoms with E-state index in [1.54, 1.807) is 29.4 Å². The molecule has 0 bridgehead atoms. The van der Waals surface area contributed by atoms with Crippen LogP contribution in [0.2, 0.25) is 0 Å². The summed E-state index contributed by atoms with van der Waals surface area (Å²) in [4.78, 5) is 30.3. The van der Waals surface area contributed by atoms with Crippen LogP contribution in [0.25, 0.3) is 0 Å². The van der Waals surface area contributed by atoms with E-state index in [0.29, 0.717) is 43.3 Å². The zero-order chi connectivity index (χ0) is 25.4. The Morgan fingerprint density at radius 3 is 2.38 bits per heavy atom. The van der Waals surface area contributed by atoms with Gasteiger partial charge in [-0.1, -0.05) is 26.0 Å². The highest BCUT2D eigenvalue weighted by molar-refractivity contribution is 5.85. The molecule has 2 unspecified atom stereocenters. The molecule has 2 aliphatic rings. The van der Waals surface area contributed by atoms with Gasteiger partial charge in [0.15, 0.2) is 0 Å². The summed E-state index contributed by atoms with van der Waals surface area (Å²) >= 11 is 0. The highest BCUT2D eigenvalue weighted by Crippen LogP contribution is 2.42. The molecule has 1 N–H and O–H groups in total. The molecular weight excluding hydrogens is 500 g/mol. The highest BCUT2D eigenvalue weighted by atomic mass is 35.5. The van der Waals surface area contributed by atoms with Crippen LogP contribution in [0.1, 0.15) is 31.0 Å². The summed E-state index contributed by atoms with van der Waals surface area (Å²) in [5.41, 5.74) is -0.253. The van der Waals surface area contributed by atoms with Crippen molar-refractivity contribution in [3.8, 4) is 0 Å². The van der Waals surface area contributed by atoms with E-state index in [-0.39, 0.29) is 30.2 Å². The average Bonchev–Trinajstić information content (AvgIpc) is 3.32. The molecule has 1 amide bonds. The van der Waals surface area contributed by atoms with Crippen LogP contribution >= 0.6 is 12.4 Å². The van der Waals surface area contributed by atoms with E-state index in [2.05, 4.69) is 15.0 Å². The molecule has 0 radical (unpaired) electrons. The van der Waals surface area contributed by atoms with Crippen molar-refractivity contribution in [3.63, 3.8) is 0 Å². The van der Waals surface area contributed by atoms with Gasteiger partial charge in [0.05, 0.1) is 11.6 Å². The average molecular weight is 530 g/mol. The van der Waals surface area contributed by atoms with Gasteiger partial charge in [-0.05, 0) is 29.8 Å². The normalized spacial score (nSPS) is 27.6. The number of rotatable bonds is 4. The van der Waals surface area contributed by atoms with Crippen molar-refractivity contribution in [2.45, 2.75) is 25.4 Å². The molecule has 10 heteroatoms. The Bertz CT molecular complexity index is 1220. The van der Waals surface area contributed by atoms with Gasteiger partial charge in [0.2, 0.25) is 5.91 Å². The van der Waals surface area contributed by atoms with Crippen LogP contribution < -0.4 is 4.90 Å². The van der Waals surface area contributed by atoms with Gasteiger partial charge >= 0.3 is 0 Å². The summed E-state index contributed by atoms with van der Waals surface area (Å²) in [5, 5.41) is 11.6. The maximum absolute atomic E-state index is 14.9. The van der Waals surface area contributed by atoms with Crippen molar-refractivity contribution in [1.29, 1.82) is 0 Å². The second-order valence-electron chi connectivity index (χ2n) is 9.94. The molecule has 2 aromatic heterocycles. The first-order valence-corrected chi connectivity index (χ1v) is 12.2. The van der Waals surface area contributed by atoms with Crippen molar-refractivity contribution in [1.82, 2.24) is 19.9 Å². The van der Waals surface area contributed by atoms with Crippen LogP contribution in [0.3, 0.4) is 0 Å². The second kappa shape index (κ2) is 10.7. The van der Waals surface area contributed by atoms with Crippen LogP contribution in [0.15, 0.2) is 61.2 Å². The zero-order valence-corrected chi connectivity index (χ0v) is 21.5. The quantitative estimate of drug-likeness (QED) is 0.554. The number of pyridine rings is 1. The van der Waals surface area contributed by atoms with Gasteiger partial charge < -0.3 is 14.9 Å². The number of benzene rings is 1. The first kappa shape index (κ1) is 26.9. The Hall–Kier alpha value is -3.17. The number of aliphatic hydroxyl groups is 1. The molecule has 7 nitrogen and oxygen atoms in total. The highest BCUT2D eigenvalue weighted by Gasteiger charge is 2.50. The number of anilines is 1. The number of likely N-dealkylation sites (tertiary alicyclic amines) is 1. The first-order chi connectivity index (χ1) is 17.3. The van der Waals surface area contributed by atoms with E-state index < -0.39 is 29.1 Å². The van der Waals surface area contributed by atoms with Crippen molar-refractivity contribution in [2.24, 2.45) is 17.8 Å². The van der Waals surface area contributed by atoms with Crippen molar-refractivity contribution < 1.29 is 18.7 Å². The predicted molar refractivity (Wildman–Crippen MR) is 137 cm³/mol. The van der Waals surface area contributed by atoms with Gasteiger partial charge in [-0.15, -0.1) is 12.4 Å². The molecule has 0 saturated carbocycles. The topological polar surface area (TPSA) is 82.5 Å². The smallest absolute Gasteiger partial charge is 0.228 e. The van der Waals surface area contributed by atoms with E-state index >= 15 is 0 Å². The largest absolute Gasteiger partial charge is 0.383 e. The van der Waals surface area contributed by atoms with Crippen LogP contribution in [-0.4, -0.2) is 57.0 Å². The van der Waals surface area contributed by atoms with Crippen LogP contribution in [0, 0.1) is 29.4 Å². The number of carbonyl (C=O) groups excluding carboxylic acids is 1. The molecule has 4 heterocycles. The minimum Gasteiger partial charge on any atom is -0.383 e.